The molecule has 0 aliphatic rings. The molecule has 0 saturated heterocycles. The second-order valence-corrected chi connectivity index (χ2v) is 0. The summed E-state index contributed by atoms with van der Waals surface area (Å²) in [7, 11) is 0. The third-order valence-corrected chi connectivity index (χ3v) is 0. The fraction of sp³-hybridized carbons (Fsp3) is 0. The maximum absolute atomic E-state index is 7.25. The molecule has 0 rings (SSSR count). The van der Waals surface area contributed by atoms with Crippen molar-refractivity contribution in [3.63, 3.8) is 0 Å². The van der Waals surface area contributed by atoms with E-state index in [-0.39, 0.29) is 56.7 Å². The molecule has 0 radical (unpaired) electrons. The zero-order valence-electron chi connectivity index (χ0n) is 2.34. The Balaban J connectivity index is -0.000000000833. The van der Waals surface area contributed by atoms with E-state index in [9.17, 15) is 0 Å². The van der Waals surface area contributed by atoms with Crippen LogP contribution in [0.3, 0.4) is 0 Å². The molecule has 6 heteroatoms. The topological polar surface area (TPSA) is 39.4 Å². The molecule has 0 fully saturated rings. The number of nitrogens with zero attached hydrogens (tertiary/aromatic N) is 1. The molecule has 0 aromatic rings. The average molecular weight is 237 g/mol. The van der Waals surface area contributed by atoms with Gasteiger partial charge in [0.25, 0.3) is 0 Å². The molecule has 0 atom stereocenters. The third-order valence-electron chi connectivity index (χ3n) is 0. The van der Waals surface area contributed by atoms with Crippen LogP contribution in [0, 0.1) is 4.91 Å². The molecular weight excluding hydrogens is 237 g/mol. The minimum atomic E-state index is 0. The second-order valence-electron chi connectivity index (χ2n) is 0. The van der Waals surface area contributed by atoms with Gasteiger partial charge in [-0.05, 0) is 0 Å². The monoisotopic (exact) mass is 237 g/mol. The van der Waals surface area contributed by atoms with Gasteiger partial charge in [0, 0.05) is 0 Å². The smallest absolute Gasteiger partial charge is 1.00 e. The molecule has 0 N–H and O–H groups in total. The van der Waals surface area contributed by atoms with E-state index in [4.69, 9.17) is 10.5 Å². The quantitative estimate of drug-likeness (QED) is 0.386. The first kappa shape index (κ1) is 60.1. The molecule has 0 aliphatic heterocycles. The summed E-state index contributed by atoms with van der Waals surface area (Å²) in [4.78, 5) is 7.25. The van der Waals surface area contributed by atoms with E-state index >= 15 is 0 Å². The van der Waals surface area contributed by atoms with Crippen molar-refractivity contribution in [3.05, 3.63) is 10.5 Å². The van der Waals surface area contributed by atoms with Crippen LogP contribution >= 0.6 is 0 Å². The summed E-state index contributed by atoms with van der Waals surface area (Å²) in [6, 6.07) is 0. The second kappa shape index (κ2) is 132. The normalized spacial score (nSPS) is 0.667. The first-order valence-electron chi connectivity index (χ1n) is 0.183. The Morgan fingerprint density at radius 3 is 0.833 bits per heavy atom. The predicted molar refractivity (Wildman–Crippen MR) is 6.73 cm³/mol. The molecule has 0 bridgehead atoms. The van der Waals surface area contributed by atoms with Gasteiger partial charge >= 0.3 is 19.5 Å². The Hall–Kier alpha value is 1.09. The summed E-state index contributed by atoms with van der Waals surface area (Å²) in [6.45, 7) is 0. The fourth-order valence-corrected chi connectivity index (χ4v) is 0. The Bertz CT molecular complexity index is 10.8. The number of hydrogen-bond donors (Lipinski definition) is 0. The minimum absolute atomic E-state index is 0. The first-order chi connectivity index (χ1) is 1.00. The van der Waals surface area contributed by atoms with Crippen molar-refractivity contribution in [1.29, 1.82) is 0 Å². The van der Waals surface area contributed by atoms with Crippen molar-refractivity contribution in [2.45, 2.75) is 0 Å². The minimum Gasteiger partial charge on any atom is -1.00 e. The van der Waals surface area contributed by atoms with E-state index in [1.165, 1.54) is 0 Å². The van der Waals surface area contributed by atoms with Crippen LogP contribution in [-0.2, 0) is 19.5 Å². The van der Waals surface area contributed by atoms with Gasteiger partial charge in [0.15, 0.2) is 0 Å². The van der Waals surface area contributed by atoms with Crippen LogP contribution in [-0.4, -0.2) is 0 Å². The van der Waals surface area contributed by atoms with Gasteiger partial charge in [-0.25, -0.2) is 0 Å². The summed E-state index contributed by atoms with van der Waals surface area (Å²) in [6.07, 6.45) is 0. The van der Waals surface area contributed by atoms with E-state index in [1.54, 1.807) is 0 Å². The molecule has 0 heterocycles. The molecule has 0 spiro atoms. The zero-order chi connectivity index (χ0) is 2.00. The maximum Gasteiger partial charge on any atom is 2.00 e. The van der Waals surface area contributed by atoms with Gasteiger partial charge in [0.05, 0.1) is 0 Å². The largest absolute Gasteiger partial charge is 2.00 e. The van der Waals surface area contributed by atoms with Crippen LogP contribution in [0.2, 0.25) is 0 Å². The molecule has 2 nitrogen and oxygen atoms in total. The van der Waals surface area contributed by atoms with Crippen molar-refractivity contribution < 1.29 is 56.7 Å². The van der Waals surface area contributed by atoms with E-state index < -0.39 is 0 Å². The average Bonchev–Trinajstić information content (AvgIpc) is 1.00. The number of nitroso groups, excluding NO2 is 1. The Kier molecular flexibility index (Phi) is 1320. The van der Waals surface area contributed by atoms with Gasteiger partial charge in [-0.15, -0.1) is 0 Å². The molecule has 0 aromatic carbocycles. The predicted octanol–water partition coefficient (Wildman–Crippen LogP) is -8.67. The van der Waals surface area contributed by atoms with Crippen molar-refractivity contribution in [3.8, 4) is 0 Å². The van der Waals surface area contributed by atoms with Crippen LogP contribution < -0.4 is 37.2 Å². The molecular formula is Cl3NORu-2. The van der Waals surface area contributed by atoms with Gasteiger partial charge in [-0.1, -0.05) is 0 Å². The maximum atomic E-state index is 7.25. The SMILES string of the molecule is [Cl-].[Cl-].[Cl-].[N-]=O.[Ru+2]. The standard InChI is InChI=1S/3ClH.NO.Ru/c;;;1-2;/h3*1H;;/q;;;-1;+2/p-3. The molecule has 42 valence electrons. The molecule has 0 aromatic heterocycles. The number of halogens is 3. The van der Waals surface area contributed by atoms with Crippen LogP contribution in [0.25, 0.3) is 5.59 Å². The summed E-state index contributed by atoms with van der Waals surface area (Å²) in [5.74, 6) is 0. The summed E-state index contributed by atoms with van der Waals surface area (Å²) in [5.41, 5.74) is 5.75. The molecule has 0 saturated carbocycles. The summed E-state index contributed by atoms with van der Waals surface area (Å²) in [5, 5.41) is 0. The van der Waals surface area contributed by atoms with E-state index in [0.29, 0.717) is 0 Å². The van der Waals surface area contributed by atoms with Gasteiger partial charge in [0.1, 0.15) is 0 Å². The van der Waals surface area contributed by atoms with Crippen LogP contribution in [0.4, 0.5) is 0 Å². The number of hydrogen-bond acceptors (Lipinski definition) is 1. The fourth-order valence-electron chi connectivity index (χ4n) is 0. The third kappa shape index (κ3) is 71.4. The zero-order valence-corrected chi connectivity index (χ0v) is 6.35. The van der Waals surface area contributed by atoms with Crippen molar-refractivity contribution >= 4 is 0 Å². The first-order valence-corrected chi connectivity index (χ1v) is 0.183. The van der Waals surface area contributed by atoms with Crippen LogP contribution in [0.15, 0.2) is 0 Å². The van der Waals surface area contributed by atoms with Crippen LogP contribution in [0.5, 0.6) is 0 Å². The molecule has 0 amide bonds. The van der Waals surface area contributed by atoms with E-state index in [2.05, 4.69) is 0 Å². The Morgan fingerprint density at radius 1 is 0.833 bits per heavy atom. The molecule has 6 heavy (non-hydrogen) atoms. The van der Waals surface area contributed by atoms with Crippen molar-refractivity contribution in [2.24, 2.45) is 0 Å². The van der Waals surface area contributed by atoms with Gasteiger partial charge in [0.2, 0.25) is 0 Å². The van der Waals surface area contributed by atoms with Crippen molar-refractivity contribution in [2.75, 3.05) is 0 Å². The summed E-state index contributed by atoms with van der Waals surface area (Å²) >= 11 is 0. The summed E-state index contributed by atoms with van der Waals surface area (Å²) < 4.78 is 0. The van der Waals surface area contributed by atoms with E-state index in [0.717, 1.165) is 0 Å². The van der Waals surface area contributed by atoms with Gasteiger partial charge < -0.3 is 47.7 Å². The van der Waals surface area contributed by atoms with Gasteiger partial charge in [-0.3, -0.25) is 0 Å². The van der Waals surface area contributed by atoms with E-state index in [1.807, 2.05) is 0 Å². The Labute approximate surface area is 67.2 Å². The van der Waals surface area contributed by atoms with Gasteiger partial charge in [-0.2, -0.15) is 0 Å². The molecule has 0 aliphatic carbocycles. The molecule has 0 unspecified atom stereocenters. The Morgan fingerprint density at radius 2 is 0.833 bits per heavy atom. The van der Waals surface area contributed by atoms with Crippen LogP contribution in [0.1, 0.15) is 0 Å². The van der Waals surface area contributed by atoms with Crippen molar-refractivity contribution in [1.82, 2.24) is 0 Å². The number of rotatable bonds is 0.